The molecule has 2 rings (SSSR count). The first-order valence-electron chi connectivity index (χ1n) is 10.5. The Morgan fingerprint density at radius 2 is 1.76 bits per heavy atom. The Morgan fingerprint density at radius 1 is 1.10 bits per heavy atom. The molecule has 1 fully saturated rings. The number of hydrogen-bond acceptors (Lipinski definition) is 4. The number of piperazine rings is 1. The fraction of sp³-hybridized carbons (Fsp3) is 0.667. The Morgan fingerprint density at radius 3 is 2.38 bits per heavy atom. The third-order valence-electron chi connectivity index (χ3n) is 5.28. The molecule has 1 unspecified atom stereocenters. The van der Waals surface area contributed by atoms with Crippen LogP contribution in [0.5, 0.6) is 0 Å². The zero-order valence-electron chi connectivity index (χ0n) is 18.5. The minimum absolute atomic E-state index is 0.299. The standard InChI is InChI=1S/C21H37N5O2S/c1-17(2)10-11-18(3)24-21(22-4)23-16-19-8-6-7-9-20(19)29(27,28)26-14-12-25(5)13-15-26/h6-9,17-18H,10-16H2,1-5H3,(H2,22,23,24). The van der Waals surface area contributed by atoms with E-state index in [9.17, 15) is 8.42 Å². The van der Waals surface area contributed by atoms with E-state index in [-0.39, 0.29) is 0 Å². The summed E-state index contributed by atoms with van der Waals surface area (Å²) < 4.78 is 28.0. The van der Waals surface area contributed by atoms with Crippen molar-refractivity contribution in [1.29, 1.82) is 0 Å². The maximum absolute atomic E-state index is 13.2. The summed E-state index contributed by atoms with van der Waals surface area (Å²) >= 11 is 0. The zero-order valence-corrected chi connectivity index (χ0v) is 19.3. The number of nitrogens with one attached hydrogen (secondary N) is 2. The molecule has 1 heterocycles. The van der Waals surface area contributed by atoms with Crippen LogP contribution < -0.4 is 10.6 Å². The van der Waals surface area contributed by atoms with E-state index in [1.807, 2.05) is 19.2 Å². The van der Waals surface area contributed by atoms with Crippen LogP contribution >= 0.6 is 0 Å². The molecule has 164 valence electrons. The van der Waals surface area contributed by atoms with Crippen LogP contribution in [-0.2, 0) is 16.6 Å². The lowest BCUT2D eigenvalue weighted by molar-refractivity contribution is 0.222. The van der Waals surface area contributed by atoms with E-state index in [0.29, 0.717) is 42.4 Å². The first kappa shape index (κ1) is 23.6. The maximum atomic E-state index is 13.2. The molecular weight excluding hydrogens is 386 g/mol. The molecule has 1 aliphatic rings. The molecule has 0 spiro atoms. The molecule has 1 saturated heterocycles. The minimum Gasteiger partial charge on any atom is -0.354 e. The Balaban J connectivity index is 2.04. The van der Waals surface area contributed by atoms with Crippen LogP contribution in [0.2, 0.25) is 0 Å². The quantitative estimate of drug-likeness (QED) is 0.495. The summed E-state index contributed by atoms with van der Waals surface area (Å²) in [5.74, 6) is 1.36. The highest BCUT2D eigenvalue weighted by molar-refractivity contribution is 7.89. The van der Waals surface area contributed by atoms with Crippen molar-refractivity contribution < 1.29 is 8.42 Å². The largest absolute Gasteiger partial charge is 0.354 e. The molecule has 1 atom stereocenters. The van der Waals surface area contributed by atoms with Gasteiger partial charge in [-0.1, -0.05) is 32.0 Å². The van der Waals surface area contributed by atoms with Crippen molar-refractivity contribution >= 4 is 16.0 Å². The first-order valence-corrected chi connectivity index (χ1v) is 11.9. The minimum atomic E-state index is -3.51. The van der Waals surface area contributed by atoms with Crippen LogP contribution in [0.15, 0.2) is 34.2 Å². The number of benzene rings is 1. The fourth-order valence-electron chi connectivity index (χ4n) is 3.33. The highest BCUT2D eigenvalue weighted by Crippen LogP contribution is 2.21. The van der Waals surface area contributed by atoms with Crippen LogP contribution in [0.25, 0.3) is 0 Å². The van der Waals surface area contributed by atoms with Crippen molar-refractivity contribution in [3.8, 4) is 0 Å². The monoisotopic (exact) mass is 423 g/mol. The van der Waals surface area contributed by atoms with Gasteiger partial charge in [0.05, 0.1) is 4.90 Å². The maximum Gasteiger partial charge on any atom is 0.243 e. The molecule has 1 aromatic carbocycles. The van der Waals surface area contributed by atoms with Crippen LogP contribution in [-0.4, -0.2) is 69.9 Å². The highest BCUT2D eigenvalue weighted by atomic mass is 32.2. The molecule has 0 bridgehead atoms. The van der Waals surface area contributed by atoms with E-state index in [1.165, 1.54) is 0 Å². The van der Waals surface area contributed by atoms with Crippen molar-refractivity contribution in [2.75, 3.05) is 40.3 Å². The highest BCUT2D eigenvalue weighted by Gasteiger charge is 2.29. The molecule has 7 nitrogen and oxygen atoms in total. The second-order valence-corrected chi connectivity index (χ2v) is 10.2. The van der Waals surface area contributed by atoms with Gasteiger partial charge in [-0.05, 0) is 44.4 Å². The molecule has 1 aliphatic heterocycles. The van der Waals surface area contributed by atoms with Crippen molar-refractivity contribution in [1.82, 2.24) is 19.8 Å². The second kappa shape index (κ2) is 10.9. The van der Waals surface area contributed by atoms with E-state index in [0.717, 1.165) is 31.5 Å². The molecule has 8 heteroatoms. The van der Waals surface area contributed by atoms with Crippen molar-refractivity contribution in [2.24, 2.45) is 10.9 Å². The summed E-state index contributed by atoms with van der Waals surface area (Å²) in [7, 11) is 0.244. The third-order valence-corrected chi connectivity index (χ3v) is 7.28. The summed E-state index contributed by atoms with van der Waals surface area (Å²) in [5, 5.41) is 6.67. The van der Waals surface area contributed by atoms with Crippen molar-refractivity contribution in [3.05, 3.63) is 29.8 Å². The molecule has 0 radical (unpaired) electrons. The summed E-state index contributed by atoms with van der Waals surface area (Å²) in [4.78, 5) is 6.81. The number of sulfonamides is 1. The topological polar surface area (TPSA) is 77.0 Å². The predicted octanol–water partition coefficient (Wildman–Crippen LogP) is 2.11. The first-order chi connectivity index (χ1) is 13.7. The van der Waals surface area contributed by atoms with Crippen LogP contribution in [0.3, 0.4) is 0 Å². The van der Waals surface area contributed by atoms with Gasteiger partial charge >= 0.3 is 0 Å². The van der Waals surface area contributed by atoms with E-state index in [1.54, 1.807) is 23.5 Å². The number of likely N-dealkylation sites (N-methyl/N-ethyl adjacent to an activating group) is 1. The number of rotatable bonds is 8. The molecular formula is C21H37N5O2S. The van der Waals surface area contributed by atoms with Gasteiger partial charge in [0.1, 0.15) is 0 Å². The lowest BCUT2D eigenvalue weighted by Gasteiger charge is -2.32. The average Bonchev–Trinajstić information content (AvgIpc) is 2.70. The molecule has 0 amide bonds. The zero-order chi connectivity index (χ0) is 21.4. The SMILES string of the molecule is CN=C(NCc1ccccc1S(=O)(=O)N1CCN(C)CC1)NC(C)CCC(C)C. The third kappa shape index (κ3) is 6.97. The van der Waals surface area contributed by atoms with Gasteiger partial charge in [-0.25, -0.2) is 8.42 Å². The van der Waals surface area contributed by atoms with E-state index < -0.39 is 10.0 Å². The van der Waals surface area contributed by atoms with Gasteiger partial charge in [0, 0.05) is 45.8 Å². The van der Waals surface area contributed by atoms with Gasteiger partial charge in [-0.2, -0.15) is 4.31 Å². The van der Waals surface area contributed by atoms with Gasteiger partial charge in [-0.15, -0.1) is 0 Å². The molecule has 0 aromatic heterocycles. The van der Waals surface area contributed by atoms with Crippen molar-refractivity contribution in [3.63, 3.8) is 0 Å². The van der Waals surface area contributed by atoms with Gasteiger partial charge in [0.2, 0.25) is 10.0 Å². The molecule has 0 saturated carbocycles. The lowest BCUT2D eigenvalue weighted by atomic mass is 10.0. The Hall–Kier alpha value is -1.64. The average molecular weight is 424 g/mol. The number of nitrogens with zero attached hydrogens (tertiary/aromatic N) is 3. The lowest BCUT2D eigenvalue weighted by Crippen LogP contribution is -2.47. The van der Waals surface area contributed by atoms with E-state index >= 15 is 0 Å². The van der Waals surface area contributed by atoms with Gasteiger partial charge in [0.15, 0.2) is 5.96 Å². The molecule has 2 N–H and O–H groups in total. The number of guanidine groups is 1. The Kier molecular flexibility index (Phi) is 8.92. The van der Waals surface area contributed by atoms with E-state index in [4.69, 9.17) is 0 Å². The Labute approximate surface area is 176 Å². The Bertz CT molecular complexity index is 771. The summed E-state index contributed by atoms with van der Waals surface area (Å²) in [6, 6.07) is 7.53. The summed E-state index contributed by atoms with van der Waals surface area (Å²) in [6.07, 6.45) is 2.21. The number of aliphatic imine (C=N–C) groups is 1. The normalized spacial score (nSPS) is 18.1. The second-order valence-electron chi connectivity index (χ2n) is 8.26. The summed E-state index contributed by atoms with van der Waals surface area (Å²) in [5.41, 5.74) is 0.754. The fourth-order valence-corrected chi connectivity index (χ4v) is 4.98. The van der Waals surface area contributed by atoms with Gasteiger partial charge < -0.3 is 15.5 Å². The van der Waals surface area contributed by atoms with Crippen LogP contribution in [0.1, 0.15) is 39.2 Å². The van der Waals surface area contributed by atoms with Crippen LogP contribution in [0.4, 0.5) is 0 Å². The molecule has 29 heavy (non-hydrogen) atoms. The predicted molar refractivity (Wildman–Crippen MR) is 120 cm³/mol. The summed E-state index contributed by atoms with van der Waals surface area (Å²) in [6.45, 7) is 9.54. The molecule has 0 aliphatic carbocycles. The van der Waals surface area contributed by atoms with E-state index in [2.05, 4.69) is 41.3 Å². The molecule has 1 aromatic rings. The van der Waals surface area contributed by atoms with Gasteiger partial charge in [-0.3, -0.25) is 4.99 Å². The number of hydrogen-bond donors (Lipinski definition) is 2. The smallest absolute Gasteiger partial charge is 0.243 e. The van der Waals surface area contributed by atoms with Gasteiger partial charge in [0.25, 0.3) is 0 Å². The van der Waals surface area contributed by atoms with Crippen molar-refractivity contribution in [2.45, 2.75) is 51.1 Å². The van der Waals surface area contributed by atoms with Crippen LogP contribution in [0, 0.1) is 5.92 Å².